The molecule has 0 atom stereocenters. The molecule has 0 saturated carbocycles. The normalized spacial score (nSPS) is 12.5. The summed E-state index contributed by atoms with van der Waals surface area (Å²) in [5.41, 5.74) is 0.542. The zero-order valence-electron chi connectivity index (χ0n) is 8.03. The number of allylic oxidation sites excluding steroid dienone is 3. The fourth-order valence-electron chi connectivity index (χ4n) is 0.818. The summed E-state index contributed by atoms with van der Waals surface area (Å²) in [6, 6.07) is 0. The molecule has 72 valence electrons. The molecule has 0 aromatic heterocycles. The van der Waals surface area contributed by atoms with E-state index in [9.17, 15) is 10.1 Å². The molecule has 0 unspecified atom stereocenters. The summed E-state index contributed by atoms with van der Waals surface area (Å²) >= 11 is 0. The van der Waals surface area contributed by atoms with Gasteiger partial charge in [0, 0.05) is 6.08 Å². The van der Waals surface area contributed by atoms with E-state index < -0.39 is 4.92 Å². The van der Waals surface area contributed by atoms with E-state index in [0.29, 0.717) is 5.57 Å². The third-order valence-corrected chi connectivity index (χ3v) is 1.31. The van der Waals surface area contributed by atoms with Crippen molar-refractivity contribution in [2.75, 3.05) is 7.11 Å². The molecule has 0 N–H and O–H groups in total. The average Bonchev–Trinajstić information content (AvgIpc) is 2.04. The number of hydrogen-bond acceptors (Lipinski definition) is 3. The van der Waals surface area contributed by atoms with E-state index in [2.05, 4.69) is 6.58 Å². The zero-order valence-corrected chi connectivity index (χ0v) is 8.03. The third-order valence-electron chi connectivity index (χ3n) is 1.31. The minimum atomic E-state index is -0.493. The Morgan fingerprint density at radius 1 is 1.62 bits per heavy atom. The van der Waals surface area contributed by atoms with Crippen molar-refractivity contribution < 1.29 is 9.66 Å². The summed E-state index contributed by atoms with van der Waals surface area (Å²) in [7, 11) is 1.39. The van der Waals surface area contributed by atoms with Crippen LogP contribution < -0.4 is 0 Å². The zero-order chi connectivity index (χ0) is 10.4. The molecule has 0 saturated heterocycles. The van der Waals surface area contributed by atoms with Gasteiger partial charge >= 0.3 is 5.70 Å². The number of ether oxygens (including phenoxy) is 1. The Morgan fingerprint density at radius 3 is 2.38 bits per heavy atom. The minimum absolute atomic E-state index is 0.0718. The van der Waals surface area contributed by atoms with Crippen LogP contribution in [0.4, 0.5) is 0 Å². The molecule has 0 aromatic rings. The van der Waals surface area contributed by atoms with Crippen LogP contribution in [0.1, 0.15) is 13.8 Å². The quantitative estimate of drug-likeness (QED) is 0.291. The van der Waals surface area contributed by atoms with Crippen LogP contribution in [0.25, 0.3) is 0 Å². The predicted molar refractivity (Wildman–Crippen MR) is 50.7 cm³/mol. The summed E-state index contributed by atoms with van der Waals surface area (Å²) < 4.78 is 4.83. The van der Waals surface area contributed by atoms with E-state index in [1.165, 1.54) is 19.3 Å². The largest absolute Gasteiger partial charge is 0.490 e. The number of methoxy groups -OCH3 is 1. The van der Waals surface area contributed by atoms with Gasteiger partial charge < -0.3 is 4.74 Å². The molecule has 0 aliphatic heterocycles. The van der Waals surface area contributed by atoms with Gasteiger partial charge in [0.1, 0.15) is 0 Å². The lowest BCUT2D eigenvalue weighted by Crippen LogP contribution is -2.03. The second-order valence-electron chi connectivity index (χ2n) is 2.49. The topological polar surface area (TPSA) is 52.4 Å². The Morgan fingerprint density at radius 2 is 2.15 bits per heavy atom. The van der Waals surface area contributed by atoms with Crippen molar-refractivity contribution in [1.82, 2.24) is 0 Å². The van der Waals surface area contributed by atoms with E-state index in [-0.39, 0.29) is 11.5 Å². The molecule has 4 nitrogen and oxygen atoms in total. The molecule has 0 spiro atoms. The van der Waals surface area contributed by atoms with E-state index in [0.717, 1.165) is 0 Å². The molecular formula is C9H13NO3. The maximum Gasteiger partial charge on any atom is 0.310 e. The van der Waals surface area contributed by atoms with Crippen LogP contribution in [0.15, 0.2) is 35.8 Å². The molecular weight excluding hydrogens is 170 g/mol. The Bertz CT molecular complexity index is 277. The first-order chi connectivity index (χ1) is 6.02. The van der Waals surface area contributed by atoms with Crippen molar-refractivity contribution in [3.63, 3.8) is 0 Å². The van der Waals surface area contributed by atoms with Crippen LogP contribution in [0.3, 0.4) is 0 Å². The van der Waals surface area contributed by atoms with Crippen LogP contribution in [0, 0.1) is 10.1 Å². The maximum absolute atomic E-state index is 10.6. The monoisotopic (exact) mass is 183 g/mol. The highest BCUT2D eigenvalue weighted by atomic mass is 16.6. The molecule has 0 fully saturated rings. The minimum Gasteiger partial charge on any atom is -0.490 e. The highest BCUT2D eigenvalue weighted by Gasteiger charge is 2.16. The molecule has 4 heteroatoms. The van der Waals surface area contributed by atoms with Gasteiger partial charge in [-0.15, -0.1) is 0 Å². The van der Waals surface area contributed by atoms with Crippen molar-refractivity contribution >= 4 is 0 Å². The first-order valence-corrected chi connectivity index (χ1v) is 3.75. The number of hydrogen-bond donors (Lipinski definition) is 0. The van der Waals surface area contributed by atoms with Gasteiger partial charge in [-0.2, -0.15) is 0 Å². The standard InChI is InChI=1S/C9H13NO3/c1-5-9(13-4)8(10(11)12)6-7(2)3/h5-6H,2H2,1,3-4H3/b8-6+,9-5+. The van der Waals surface area contributed by atoms with Crippen LogP contribution >= 0.6 is 0 Å². The summed E-state index contributed by atoms with van der Waals surface area (Å²) in [4.78, 5) is 10.1. The second-order valence-corrected chi connectivity index (χ2v) is 2.49. The van der Waals surface area contributed by atoms with E-state index in [1.54, 1.807) is 13.8 Å². The summed E-state index contributed by atoms with van der Waals surface area (Å²) in [6.07, 6.45) is 2.91. The fourth-order valence-corrected chi connectivity index (χ4v) is 0.818. The molecule has 0 aromatic carbocycles. The third kappa shape index (κ3) is 3.55. The molecule has 0 heterocycles. The lowest BCUT2D eigenvalue weighted by Gasteiger charge is -2.01. The van der Waals surface area contributed by atoms with Gasteiger partial charge in [-0.05, 0) is 19.9 Å². The number of nitrogens with zero attached hydrogens (tertiary/aromatic N) is 1. The van der Waals surface area contributed by atoms with Crippen LogP contribution in [0.5, 0.6) is 0 Å². The van der Waals surface area contributed by atoms with Gasteiger partial charge in [-0.1, -0.05) is 12.2 Å². The lowest BCUT2D eigenvalue weighted by molar-refractivity contribution is -0.424. The highest BCUT2D eigenvalue weighted by molar-refractivity contribution is 5.26. The van der Waals surface area contributed by atoms with Gasteiger partial charge in [-0.25, -0.2) is 0 Å². The first kappa shape index (κ1) is 11.4. The number of nitro groups is 1. The Hall–Kier alpha value is -1.58. The van der Waals surface area contributed by atoms with Gasteiger partial charge in [-0.3, -0.25) is 10.1 Å². The van der Waals surface area contributed by atoms with Crippen LogP contribution in [0.2, 0.25) is 0 Å². The van der Waals surface area contributed by atoms with Crippen LogP contribution in [-0.2, 0) is 4.74 Å². The Labute approximate surface area is 77.4 Å². The molecule has 0 amide bonds. The first-order valence-electron chi connectivity index (χ1n) is 3.75. The molecule has 13 heavy (non-hydrogen) atoms. The molecule has 0 radical (unpaired) electrons. The molecule has 0 aliphatic carbocycles. The smallest absolute Gasteiger partial charge is 0.310 e. The Kier molecular flexibility index (Phi) is 4.51. The average molecular weight is 183 g/mol. The molecule has 0 aliphatic rings. The van der Waals surface area contributed by atoms with Gasteiger partial charge in [0.2, 0.25) is 0 Å². The fraction of sp³-hybridized carbons (Fsp3) is 0.333. The Balaban J connectivity index is 5.03. The maximum atomic E-state index is 10.6. The SMILES string of the molecule is C=C(C)/C=C(\C(=C/C)OC)[N+](=O)[O-]. The van der Waals surface area contributed by atoms with Gasteiger partial charge in [0.15, 0.2) is 5.76 Å². The molecule has 0 rings (SSSR count). The van der Waals surface area contributed by atoms with Gasteiger partial charge in [0.05, 0.1) is 12.0 Å². The summed E-state index contributed by atoms with van der Waals surface area (Å²) in [6.45, 7) is 6.93. The van der Waals surface area contributed by atoms with Crippen LogP contribution in [-0.4, -0.2) is 12.0 Å². The second kappa shape index (κ2) is 5.13. The van der Waals surface area contributed by atoms with Crippen molar-refractivity contribution in [2.45, 2.75) is 13.8 Å². The highest BCUT2D eigenvalue weighted by Crippen LogP contribution is 2.13. The predicted octanol–water partition coefficient (Wildman–Crippen LogP) is 2.27. The van der Waals surface area contributed by atoms with E-state index >= 15 is 0 Å². The van der Waals surface area contributed by atoms with E-state index in [4.69, 9.17) is 4.74 Å². The molecule has 0 bridgehead atoms. The van der Waals surface area contributed by atoms with Crippen molar-refractivity contribution in [3.05, 3.63) is 45.9 Å². The van der Waals surface area contributed by atoms with E-state index in [1.807, 2.05) is 0 Å². The summed E-state index contributed by atoms with van der Waals surface area (Å²) in [5.74, 6) is 0.244. The van der Waals surface area contributed by atoms with Crippen molar-refractivity contribution in [1.29, 1.82) is 0 Å². The number of rotatable bonds is 4. The van der Waals surface area contributed by atoms with Gasteiger partial charge in [0.25, 0.3) is 0 Å². The summed E-state index contributed by atoms with van der Waals surface area (Å²) in [5, 5.41) is 10.6. The lowest BCUT2D eigenvalue weighted by atomic mass is 10.2. The van der Waals surface area contributed by atoms with Crippen molar-refractivity contribution in [2.24, 2.45) is 0 Å². The van der Waals surface area contributed by atoms with Crippen molar-refractivity contribution in [3.8, 4) is 0 Å².